The maximum Gasteiger partial charge on any atom is 0.315 e. The highest BCUT2D eigenvalue weighted by Crippen LogP contribution is 2.08. The number of nitrogens with zero attached hydrogens (tertiary/aromatic N) is 1. The molecule has 0 aliphatic heterocycles. The summed E-state index contributed by atoms with van der Waals surface area (Å²) in [5, 5.41) is 11.2. The van der Waals surface area contributed by atoms with Crippen LogP contribution in [0.4, 0.5) is 4.79 Å². The Bertz CT molecular complexity index is 684. The second kappa shape index (κ2) is 8.28. The van der Waals surface area contributed by atoms with Gasteiger partial charge in [-0.1, -0.05) is 12.1 Å². The normalized spacial score (nSPS) is 10.2. The van der Waals surface area contributed by atoms with E-state index < -0.39 is 0 Å². The van der Waals surface area contributed by atoms with Crippen molar-refractivity contribution in [1.82, 2.24) is 20.9 Å². The van der Waals surface area contributed by atoms with Crippen LogP contribution in [0.3, 0.4) is 0 Å². The number of urea groups is 1. The topological polar surface area (TPSA) is 83.1 Å². The predicted octanol–water partition coefficient (Wildman–Crippen LogP) is 1.85. The quantitative estimate of drug-likeness (QED) is 0.755. The molecule has 122 valence electrons. The number of benzene rings is 1. The predicted molar refractivity (Wildman–Crippen MR) is 90.6 cm³/mol. The van der Waals surface area contributed by atoms with Gasteiger partial charge in [0, 0.05) is 37.5 Å². The van der Waals surface area contributed by atoms with Crippen molar-refractivity contribution >= 4 is 23.3 Å². The van der Waals surface area contributed by atoms with Crippen LogP contribution in [0.5, 0.6) is 0 Å². The molecule has 1 aromatic heterocycles. The molecule has 3 N–H and O–H groups in total. The Balaban J connectivity index is 1.74. The number of carbonyl (C=O) groups is 2. The summed E-state index contributed by atoms with van der Waals surface area (Å²) in [4.78, 5) is 27.7. The number of rotatable bonds is 6. The van der Waals surface area contributed by atoms with Gasteiger partial charge >= 0.3 is 6.03 Å². The third-order valence-electron chi connectivity index (χ3n) is 3.20. The first-order valence-electron chi connectivity index (χ1n) is 7.32. The Morgan fingerprint density at radius 1 is 1.26 bits per heavy atom. The SMILES string of the molecule is CNC(=O)c1cccc(CNC(=O)NCCc2csc(C)n2)c1. The van der Waals surface area contributed by atoms with E-state index in [0.29, 0.717) is 25.1 Å². The highest BCUT2D eigenvalue weighted by atomic mass is 32.1. The smallest absolute Gasteiger partial charge is 0.315 e. The summed E-state index contributed by atoms with van der Waals surface area (Å²) in [5.74, 6) is -0.144. The molecule has 0 unspecified atom stereocenters. The maximum atomic E-state index is 11.8. The zero-order valence-electron chi connectivity index (χ0n) is 13.2. The van der Waals surface area contributed by atoms with Crippen molar-refractivity contribution in [2.45, 2.75) is 19.9 Å². The van der Waals surface area contributed by atoms with Crippen LogP contribution in [0.15, 0.2) is 29.6 Å². The van der Waals surface area contributed by atoms with E-state index in [0.717, 1.165) is 16.3 Å². The summed E-state index contributed by atoms with van der Waals surface area (Å²) in [7, 11) is 1.59. The van der Waals surface area contributed by atoms with Crippen molar-refractivity contribution in [3.63, 3.8) is 0 Å². The second-order valence-corrected chi connectivity index (χ2v) is 6.06. The molecule has 7 heteroatoms. The zero-order valence-corrected chi connectivity index (χ0v) is 14.0. The molecule has 0 saturated heterocycles. The van der Waals surface area contributed by atoms with Crippen molar-refractivity contribution in [2.24, 2.45) is 0 Å². The monoisotopic (exact) mass is 332 g/mol. The molecule has 2 aromatic rings. The lowest BCUT2D eigenvalue weighted by Gasteiger charge is -2.08. The molecule has 1 heterocycles. The molecule has 0 spiro atoms. The number of aryl methyl sites for hydroxylation is 1. The Kier molecular flexibility index (Phi) is 6.10. The molecule has 0 aliphatic carbocycles. The van der Waals surface area contributed by atoms with Crippen LogP contribution >= 0.6 is 11.3 Å². The van der Waals surface area contributed by atoms with E-state index in [1.807, 2.05) is 18.4 Å². The third kappa shape index (κ3) is 5.37. The number of hydrogen-bond acceptors (Lipinski definition) is 4. The largest absolute Gasteiger partial charge is 0.355 e. The van der Waals surface area contributed by atoms with Gasteiger partial charge in [-0.3, -0.25) is 4.79 Å². The van der Waals surface area contributed by atoms with Crippen LogP contribution in [0.25, 0.3) is 0 Å². The van der Waals surface area contributed by atoms with Gasteiger partial charge in [-0.05, 0) is 24.6 Å². The van der Waals surface area contributed by atoms with E-state index in [9.17, 15) is 9.59 Å². The van der Waals surface area contributed by atoms with Gasteiger partial charge in [0.05, 0.1) is 10.7 Å². The summed E-state index contributed by atoms with van der Waals surface area (Å²) in [6.45, 7) is 2.86. The van der Waals surface area contributed by atoms with E-state index in [1.54, 1.807) is 36.6 Å². The number of amides is 3. The van der Waals surface area contributed by atoms with Crippen LogP contribution in [-0.2, 0) is 13.0 Å². The molecule has 3 amide bonds. The summed E-state index contributed by atoms with van der Waals surface area (Å²) >= 11 is 1.60. The van der Waals surface area contributed by atoms with Gasteiger partial charge in [-0.2, -0.15) is 0 Å². The average molecular weight is 332 g/mol. The molecule has 0 radical (unpaired) electrons. The third-order valence-corrected chi connectivity index (χ3v) is 4.02. The van der Waals surface area contributed by atoms with E-state index in [-0.39, 0.29) is 11.9 Å². The molecular weight excluding hydrogens is 312 g/mol. The van der Waals surface area contributed by atoms with Crippen LogP contribution in [0.1, 0.15) is 26.6 Å². The van der Waals surface area contributed by atoms with Gasteiger partial charge in [0.2, 0.25) is 0 Å². The van der Waals surface area contributed by atoms with Crippen LogP contribution < -0.4 is 16.0 Å². The molecule has 2 rings (SSSR count). The molecule has 0 fully saturated rings. The molecule has 0 aliphatic rings. The van der Waals surface area contributed by atoms with Crippen LogP contribution in [0.2, 0.25) is 0 Å². The van der Waals surface area contributed by atoms with E-state index in [1.165, 1.54) is 0 Å². The van der Waals surface area contributed by atoms with Crippen molar-refractivity contribution in [3.8, 4) is 0 Å². The molecular formula is C16H20N4O2S. The first kappa shape index (κ1) is 17.0. The van der Waals surface area contributed by atoms with Gasteiger partial charge in [-0.15, -0.1) is 11.3 Å². The minimum absolute atomic E-state index is 0.144. The molecule has 23 heavy (non-hydrogen) atoms. The Hall–Kier alpha value is -2.41. The average Bonchev–Trinajstić information content (AvgIpc) is 2.98. The van der Waals surface area contributed by atoms with Crippen molar-refractivity contribution in [3.05, 3.63) is 51.5 Å². The standard InChI is InChI=1S/C16H20N4O2S/c1-11-20-14(10-23-11)6-7-18-16(22)19-9-12-4-3-5-13(8-12)15(21)17-2/h3-5,8,10H,6-7,9H2,1-2H3,(H,17,21)(H2,18,19,22). The van der Waals surface area contributed by atoms with Crippen molar-refractivity contribution in [2.75, 3.05) is 13.6 Å². The fraction of sp³-hybridized carbons (Fsp3) is 0.312. The van der Waals surface area contributed by atoms with Gasteiger partial charge in [0.25, 0.3) is 5.91 Å². The molecule has 6 nitrogen and oxygen atoms in total. The first-order valence-corrected chi connectivity index (χ1v) is 8.20. The number of nitrogens with one attached hydrogen (secondary N) is 3. The van der Waals surface area contributed by atoms with Gasteiger partial charge in [0.15, 0.2) is 0 Å². The highest BCUT2D eigenvalue weighted by Gasteiger charge is 2.05. The fourth-order valence-corrected chi connectivity index (χ4v) is 2.69. The highest BCUT2D eigenvalue weighted by molar-refractivity contribution is 7.09. The molecule has 0 bridgehead atoms. The Morgan fingerprint density at radius 2 is 2.09 bits per heavy atom. The van der Waals surface area contributed by atoms with Crippen molar-refractivity contribution in [1.29, 1.82) is 0 Å². The summed E-state index contributed by atoms with van der Waals surface area (Å²) in [6.07, 6.45) is 0.712. The van der Waals surface area contributed by atoms with Gasteiger partial charge in [0.1, 0.15) is 0 Å². The van der Waals surface area contributed by atoms with Gasteiger partial charge in [-0.25, -0.2) is 9.78 Å². The number of hydrogen-bond donors (Lipinski definition) is 3. The molecule has 0 saturated carbocycles. The lowest BCUT2D eigenvalue weighted by atomic mass is 10.1. The molecule has 1 aromatic carbocycles. The number of carbonyl (C=O) groups excluding carboxylic acids is 2. The van der Waals surface area contributed by atoms with E-state index in [4.69, 9.17) is 0 Å². The zero-order chi connectivity index (χ0) is 16.7. The number of aromatic nitrogens is 1. The summed E-state index contributed by atoms with van der Waals surface area (Å²) < 4.78 is 0. The first-order chi connectivity index (χ1) is 11.1. The maximum absolute atomic E-state index is 11.8. The van der Waals surface area contributed by atoms with Crippen LogP contribution in [0, 0.1) is 6.92 Å². The van der Waals surface area contributed by atoms with E-state index in [2.05, 4.69) is 20.9 Å². The lowest BCUT2D eigenvalue weighted by Crippen LogP contribution is -2.36. The fourth-order valence-electron chi connectivity index (χ4n) is 2.04. The second-order valence-electron chi connectivity index (χ2n) is 5.00. The summed E-state index contributed by atoms with van der Waals surface area (Å²) in [6, 6.07) is 6.92. The Labute approximate surface area is 139 Å². The minimum atomic E-state index is -0.234. The molecule has 0 atom stereocenters. The summed E-state index contributed by atoms with van der Waals surface area (Å²) in [5.41, 5.74) is 2.44. The minimum Gasteiger partial charge on any atom is -0.355 e. The van der Waals surface area contributed by atoms with Gasteiger partial charge < -0.3 is 16.0 Å². The van der Waals surface area contributed by atoms with Crippen LogP contribution in [-0.4, -0.2) is 30.5 Å². The van der Waals surface area contributed by atoms with Crippen molar-refractivity contribution < 1.29 is 9.59 Å². The lowest BCUT2D eigenvalue weighted by molar-refractivity contribution is 0.0963. The van der Waals surface area contributed by atoms with E-state index >= 15 is 0 Å². The Morgan fingerprint density at radius 3 is 2.78 bits per heavy atom. The number of thiazole rings is 1.